The molecular formula is C102H117Cl6F6N9O16S4. The summed E-state index contributed by atoms with van der Waals surface area (Å²) in [6.45, 7) is 14.6. The van der Waals surface area contributed by atoms with Gasteiger partial charge in [-0.3, -0.25) is 38.8 Å². The quantitative estimate of drug-likeness (QED) is 0.0272. The van der Waals surface area contributed by atoms with E-state index in [1.54, 1.807) is 24.3 Å². The van der Waals surface area contributed by atoms with E-state index in [0.717, 1.165) is 223 Å². The number of rotatable bonds is 34. The van der Waals surface area contributed by atoms with Crippen LogP contribution in [0.25, 0.3) is 0 Å². The normalized spacial score (nSPS) is 20.7. The van der Waals surface area contributed by atoms with Crippen molar-refractivity contribution in [3.8, 4) is 23.0 Å². The molecule has 8 aromatic carbocycles. The number of likely N-dealkylation sites (tertiary alicyclic amines) is 4. The number of ether oxygens (including phenoxy) is 4. The minimum Gasteiger partial charge on any atom is -0.493 e. The van der Waals surface area contributed by atoms with Crippen LogP contribution in [0.3, 0.4) is 0 Å². The van der Waals surface area contributed by atoms with Gasteiger partial charge in [0.05, 0.1) is 66.4 Å². The molecule has 41 heteroatoms. The van der Waals surface area contributed by atoms with Crippen LogP contribution >= 0.6 is 69.6 Å². The number of sulfonamides is 3. The Balaban J connectivity index is 0.000000144. The summed E-state index contributed by atoms with van der Waals surface area (Å²) >= 11 is 37.1. The van der Waals surface area contributed by atoms with Gasteiger partial charge in [-0.05, 0) is 309 Å². The molecule has 0 radical (unpaired) electrons. The van der Waals surface area contributed by atoms with Crippen molar-refractivity contribution in [1.29, 1.82) is 0 Å². The minimum atomic E-state index is -3.97. The van der Waals surface area contributed by atoms with Crippen LogP contribution in [0.4, 0.5) is 26.3 Å². The molecule has 4 amide bonds. The van der Waals surface area contributed by atoms with Gasteiger partial charge < -0.3 is 18.9 Å². The Morgan fingerprint density at radius 1 is 0.385 bits per heavy atom. The molecule has 774 valence electrons. The molecule has 5 aliphatic heterocycles. The highest BCUT2D eigenvalue weighted by Crippen LogP contribution is 2.50. The van der Waals surface area contributed by atoms with Crippen LogP contribution in [0.1, 0.15) is 251 Å². The van der Waals surface area contributed by atoms with Crippen molar-refractivity contribution in [3.63, 3.8) is 0 Å². The van der Waals surface area contributed by atoms with E-state index >= 15 is 0 Å². The summed E-state index contributed by atoms with van der Waals surface area (Å²) in [5, 5.41) is 2.70. The SMILES string of the molecule is C[C@@H](c1cc(Cl)cc(Cl)c1)N1CCC[C@H](COc2cc(F)c(C(=O)NS(C)(=O)=O)cc2C2CC2)C1.C[C@@H]1CC[C@@H](COc2cc(F)c(C(=O)NS(C)(=O)=O)cc2C2CC2)CN1Cc1cc(Cl)cc(Cl)c1.O=C(NS(=O)(=O)C1CC1)c1cc(C2CC2)c(OC[C@H]2CCCN(Cc3ccc(F)cc3Cl)C2)cc1F.O=C(NS(=O)(=O)N1CCC1)c1cc(C2CC2)c(OC[C@H]2CCCN(Cc3ccc(F)cc3Cl)C2)cc1F. The first kappa shape index (κ1) is 109. The third-order valence-electron chi connectivity index (χ3n) is 27.4. The highest BCUT2D eigenvalue weighted by Gasteiger charge is 2.41. The first-order valence-electron chi connectivity index (χ1n) is 48.4. The second-order valence-corrected chi connectivity index (χ2v) is 49.1. The Morgan fingerprint density at radius 3 is 1.10 bits per heavy atom. The van der Waals surface area contributed by atoms with Crippen molar-refractivity contribution >= 4 is 134 Å². The van der Waals surface area contributed by atoms with Gasteiger partial charge in [0.15, 0.2) is 0 Å². The third kappa shape index (κ3) is 31.0. The first-order chi connectivity index (χ1) is 67.9. The van der Waals surface area contributed by atoms with Crippen LogP contribution in [0.2, 0.25) is 30.1 Å². The molecule has 5 aliphatic carbocycles. The fraction of sp³-hybridized carbons (Fsp3) is 0.490. The zero-order valence-corrected chi connectivity index (χ0v) is 87.4. The first-order valence-corrected chi connectivity index (χ1v) is 57.4. The summed E-state index contributed by atoms with van der Waals surface area (Å²) in [6, 6.07) is 31.1. The predicted molar refractivity (Wildman–Crippen MR) is 539 cm³/mol. The Kier molecular flexibility index (Phi) is 36.2. The van der Waals surface area contributed by atoms with Crippen LogP contribution in [0, 0.1) is 58.6 Å². The topological polar surface area (TPSA) is 306 Å². The van der Waals surface area contributed by atoms with Gasteiger partial charge >= 0.3 is 10.2 Å². The predicted octanol–water partition coefficient (Wildman–Crippen LogP) is 20.4. The van der Waals surface area contributed by atoms with Gasteiger partial charge in [-0.2, -0.15) is 12.7 Å². The summed E-state index contributed by atoms with van der Waals surface area (Å²) in [5.41, 5.74) is 5.69. The van der Waals surface area contributed by atoms with Crippen LogP contribution < -0.4 is 37.8 Å². The lowest BCUT2D eigenvalue weighted by Gasteiger charge is -2.38. The van der Waals surface area contributed by atoms with Crippen molar-refractivity contribution in [2.75, 3.05) is 97.8 Å². The summed E-state index contributed by atoms with van der Waals surface area (Å²) in [4.78, 5) is 59.0. The molecule has 5 saturated heterocycles. The molecule has 5 saturated carbocycles. The molecule has 18 rings (SSSR count). The molecular weight excluding hydrogens is 2060 g/mol. The van der Waals surface area contributed by atoms with Crippen molar-refractivity contribution in [2.45, 2.75) is 196 Å². The molecule has 0 bridgehead atoms. The lowest BCUT2D eigenvalue weighted by Crippen LogP contribution is -2.49. The summed E-state index contributed by atoms with van der Waals surface area (Å²) in [6.07, 6.45) is 18.7. The molecule has 4 N–H and O–H groups in total. The molecule has 0 spiro atoms. The number of halogens is 12. The van der Waals surface area contributed by atoms with Crippen molar-refractivity contribution < 1.29 is 98.1 Å². The average Bonchev–Trinajstić information content (AvgIpc) is 1.47. The molecule has 0 aromatic heterocycles. The van der Waals surface area contributed by atoms with Gasteiger partial charge in [0.25, 0.3) is 23.6 Å². The number of carbonyl (C=O) groups is 4. The number of carbonyl (C=O) groups excluding carboxylic acids is 4. The fourth-order valence-corrected chi connectivity index (χ4v) is 23.8. The number of benzene rings is 8. The maximum Gasteiger partial charge on any atom is 0.304 e. The number of hydrogen-bond donors (Lipinski definition) is 4. The molecule has 6 atom stereocenters. The molecule has 5 heterocycles. The van der Waals surface area contributed by atoms with Crippen LogP contribution in [0.5, 0.6) is 23.0 Å². The van der Waals surface area contributed by atoms with Gasteiger partial charge in [-0.25, -0.2) is 70.5 Å². The summed E-state index contributed by atoms with van der Waals surface area (Å²) < 4.78 is 214. The zero-order chi connectivity index (χ0) is 102. The number of nitrogens with zero attached hydrogens (tertiary/aromatic N) is 5. The minimum absolute atomic E-state index is 0.140. The highest BCUT2D eigenvalue weighted by molar-refractivity contribution is 7.91. The maximum absolute atomic E-state index is 15.0. The smallest absolute Gasteiger partial charge is 0.304 e. The third-order valence-corrected chi connectivity index (χ3v) is 33.4. The molecule has 0 unspecified atom stereocenters. The van der Waals surface area contributed by atoms with E-state index in [2.05, 4.69) is 33.4 Å². The van der Waals surface area contributed by atoms with E-state index in [1.165, 1.54) is 72.8 Å². The Bertz CT molecular complexity index is 6370. The van der Waals surface area contributed by atoms with E-state index in [9.17, 15) is 79.2 Å². The zero-order valence-electron chi connectivity index (χ0n) is 79.6. The van der Waals surface area contributed by atoms with E-state index in [0.29, 0.717) is 125 Å². The largest absolute Gasteiger partial charge is 0.493 e. The summed E-state index contributed by atoms with van der Waals surface area (Å²) in [7, 11) is -15.3. The molecule has 10 fully saturated rings. The number of nitrogens with one attached hydrogen (secondary N) is 4. The van der Waals surface area contributed by atoms with Crippen molar-refractivity contribution in [1.82, 2.24) is 42.8 Å². The van der Waals surface area contributed by atoms with E-state index < -0.39 is 92.4 Å². The van der Waals surface area contributed by atoms with Gasteiger partial charge in [0.2, 0.25) is 30.1 Å². The van der Waals surface area contributed by atoms with Crippen LogP contribution in [-0.4, -0.2) is 190 Å². The van der Waals surface area contributed by atoms with E-state index in [4.69, 9.17) is 88.6 Å². The standard InChI is InChI=1S/C26H30ClF2N3O4S.C26H29ClF2N2O4S.2C25H29Cl2FN2O4S/c27-23-11-20(28)7-6-19(23)15-31-8-1-3-17(14-31)16-36-25-13-24(29)22(12-21(25)18-4-5-18)26(33)30-37(34,35)32-9-2-10-32;27-23-10-19(28)6-5-18(23)14-31-9-1-2-16(13-31)15-35-25-12-24(29)22(11-21(25)17-3-4-17)26(32)30-36(33,34)20-7-8-20;1-15-3-4-16(12-30(15)13-17-7-19(26)9-20(27)8-17)14-34-24-11-23(28)22(10-21(24)18-5-6-18)25(31)29-35(2,32)33;1-15(18-8-19(26)10-20(27)9-18)30-7-3-4-16(13-30)14-34-24-12-23(28)22(11-21(24)17-5-6-17)25(31)29-35(2,32)33/h6-7,11-13,17-18H,1-5,8-10,14-16H2,(H,30,33);5-6,10-12,16-17,20H,1-4,7-9,13-15H2,(H,30,32);7-11,15-16,18H,3-6,12-14H2,1-2H3,(H,29,31);8-12,15-17H,3-7,13-14H2,1-2H3,(H,29,31)/t17-;16-;2*15-,16-/m0010/s1. The van der Waals surface area contributed by atoms with Gasteiger partial charge in [-0.1, -0.05) is 81.7 Å². The maximum atomic E-state index is 15.0. The molecule has 8 aromatic rings. The lowest BCUT2D eigenvalue weighted by atomic mass is 9.93. The highest BCUT2D eigenvalue weighted by atomic mass is 35.5. The molecule has 25 nitrogen and oxygen atoms in total. The number of piperidine rings is 4. The fourth-order valence-electron chi connectivity index (χ4n) is 18.8. The number of hydrogen-bond acceptors (Lipinski definition) is 20. The van der Waals surface area contributed by atoms with E-state index in [1.807, 2.05) is 43.2 Å². The monoisotopic (exact) mass is 2180 g/mol. The van der Waals surface area contributed by atoms with Gasteiger partial charge in [0.1, 0.15) is 57.9 Å². The van der Waals surface area contributed by atoms with Crippen LogP contribution in [0.15, 0.2) is 121 Å². The second kappa shape index (κ2) is 47.5. The van der Waals surface area contributed by atoms with Crippen molar-refractivity contribution in [2.24, 2.45) is 23.7 Å². The Hall–Kier alpha value is -8.24. The Labute approximate surface area is 862 Å². The Morgan fingerprint density at radius 2 is 0.741 bits per heavy atom. The lowest BCUT2D eigenvalue weighted by molar-refractivity contribution is 0.0831. The summed E-state index contributed by atoms with van der Waals surface area (Å²) in [5.74, 6) is -4.48. The van der Waals surface area contributed by atoms with Crippen molar-refractivity contribution in [3.05, 3.63) is 253 Å². The molecule has 143 heavy (non-hydrogen) atoms. The number of amides is 4. The van der Waals surface area contributed by atoms with E-state index in [-0.39, 0.29) is 87.3 Å². The van der Waals surface area contributed by atoms with Crippen LogP contribution in [-0.2, 0) is 59.9 Å². The van der Waals surface area contributed by atoms with Gasteiger partial charge in [0, 0.05) is 149 Å². The average molecular weight is 2180 g/mol. The molecule has 10 aliphatic rings. The second-order valence-electron chi connectivity index (χ2n) is 39.4. The van der Waals surface area contributed by atoms with Gasteiger partial charge in [-0.15, -0.1) is 0 Å².